The molecule has 0 radical (unpaired) electrons. The maximum atomic E-state index is 12.5. The van der Waals surface area contributed by atoms with Crippen LogP contribution in [0.5, 0.6) is 0 Å². The lowest BCUT2D eigenvalue weighted by atomic mass is 9.86. The van der Waals surface area contributed by atoms with Gasteiger partial charge in [0, 0.05) is 29.7 Å². The number of hydrogen-bond acceptors (Lipinski definition) is 4. The van der Waals surface area contributed by atoms with Gasteiger partial charge in [-0.05, 0) is 55.9 Å². The molecule has 2 fully saturated rings. The van der Waals surface area contributed by atoms with Crippen LogP contribution < -0.4 is 5.32 Å². The molecule has 2 amide bonds. The molecule has 158 valence electrons. The highest BCUT2D eigenvalue weighted by molar-refractivity contribution is 6.30. The maximum Gasteiger partial charge on any atom is 0.309 e. The number of carbonyl (C=O) groups is 3. The van der Waals surface area contributed by atoms with Crippen molar-refractivity contribution in [2.45, 2.75) is 51.5 Å². The number of carbonyl (C=O) groups excluding carboxylic acids is 3. The van der Waals surface area contributed by atoms with E-state index >= 15 is 0 Å². The third kappa shape index (κ3) is 5.95. The van der Waals surface area contributed by atoms with E-state index in [-0.39, 0.29) is 36.4 Å². The monoisotopic (exact) mass is 420 g/mol. The van der Waals surface area contributed by atoms with Gasteiger partial charge < -0.3 is 15.0 Å². The molecule has 29 heavy (non-hydrogen) atoms. The topological polar surface area (TPSA) is 75.7 Å². The molecular formula is C22H29ClN2O4. The average Bonchev–Trinajstić information content (AvgIpc) is 2.74. The normalized spacial score (nSPS) is 22.8. The van der Waals surface area contributed by atoms with Crippen LogP contribution in [-0.4, -0.2) is 48.4 Å². The number of nitrogens with zero attached hydrogens (tertiary/aromatic N) is 1. The van der Waals surface area contributed by atoms with Gasteiger partial charge in [-0.15, -0.1) is 0 Å². The molecule has 1 heterocycles. The zero-order valence-corrected chi connectivity index (χ0v) is 17.6. The predicted octanol–water partition coefficient (Wildman–Crippen LogP) is 3.43. The summed E-state index contributed by atoms with van der Waals surface area (Å²) in [4.78, 5) is 38.7. The molecule has 6 nitrogen and oxygen atoms in total. The van der Waals surface area contributed by atoms with Gasteiger partial charge in [0.2, 0.25) is 0 Å². The second-order valence-electron chi connectivity index (χ2n) is 8.12. The first-order valence-corrected chi connectivity index (χ1v) is 10.8. The summed E-state index contributed by atoms with van der Waals surface area (Å²) in [5.74, 6) is -0.450. The Labute approximate surface area is 176 Å². The summed E-state index contributed by atoms with van der Waals surface area (Å²) >= 11 is 5.86. The van der Waals surface area contributed by atoms with E-state index in [9.17, 15) is 14.4 Å². The largest absolute Gasteiger partial charge is 0.455 e. The molecule has 7 heteroatoms. The summed E-state index contributed by atoms with van der Waals surface area (Å²) in [5, 5.41) is 3.58. The van der Waals surface area contributed by atoms with Crippen LogP contribution in [0.4, 0.5) is 0 Å². The fraction of sp³-hybridized carbons (Fsp3) is 0.591. The maximum absolute atomic E-state index is 12.5. The average molecular weight is 421 g/mol. The van der Waals surface area contributed by atoms with Crippen molar-refractivity contribution < 1.29 is 19.1 Å². The Balaban J connectivity index is 1.40. The number of piperidine rings is 1. The van der Waals surface area contributed by atoms with Gasteiger partial charge in [0.25, 0.3) is 11.8 Å². The molecule has 0 spiro atoms. The first-order valence-electron chi connectivity index (χ1n) is 10.4. The molecule has 2 aliphatic rings. The minimum atomic E-state index is -0.351. The smallest absolute Gasteiger partial charge is 0.309 e. The van der Waals surface area contributed by atoms with Crippen molar-refractivity contribution in [2.75, 3.05) is 19.7 Å². The van der Waals surface area contributed by atoms with Gasteiger partial charge in [0.1, 0.15) is 0 Å². The van der Waals surface area contributed by atoms with Crippen LogP contribution in [0.15, 0.2) is 24.3 Å². The molecule has 1 N–H and O–H groups in total. The fourth-order valence-electron chi connectivity index (χ4n) is 4.13. The van der Waals surface area contributed by atoms with Gasteiger partial charge in [0.05, 0.1) is 5.92 Å². The molecule has 1 saturated heterocycles. The molecular weight excluding hydrogens is 392 g/mol. The van der Waals surface area contributed by atoms with Gasteiger partial charge in [0.15, 0.2) is 6.61 Å². The van der Waals surface area contributed by atoms with Crippen LogP contribution >= 0.6 is 11.6 Å². The first-order chi connectivity index (χ1) is 13.9. The number of nitrogens with one attached hydrogen (secondary N) is 1. The third-order valence-corrected chi connectivity index (χ3v) is 6.26. The Morgan fingerprint density at radius 1 is 1.07 bits per heavy atom. The molecule has 1 aliphatic carbocycles. The standard InChI is InChI=1S/C22H29ClN2O4/c1-15-4-2-3-5-19(15)24-20(26)14-29-22(28)17-10-12-25(13-11-17)21(27)16-6-8-18(23)9-7-16/h6-9,15,17,19H,2-5,10-14H2,1H3,(H,24,26). The number of ether oxygens (including phenoxy) is 1. The van der Waals surface area contributed by atoms with Gasteiger partial charge in [-0.1, -0.05) is 31.4 Å². The predicted molar refractivity (Wildman–Crippen MR) is 111 cm³/mol. The van der Waals surface area contributed by atoms with Crippen LogP contribution in [0, 0.1) is 11.8 Å². The van der Waals surface area contributed by atoms with Gasteiger partial charge in [-0.2, -0.15) is 0 Å². The molecule has 1 aromatic carbocycles. The highest BCUT2D eigenvalue weighted by Crippen LogP contribution is 2.24. The molecule has 0 bridgehead atoms. The van der Waals surface area contributed by atoms with E-state index in [1.165, 1.54) is 6.42 Å². The molecule has 1 aliphatic heterocycles. The van der Waals surface area contributed by atoms with Crippen molar-refractivity contribution in [1.29, 1.82) is 0 Å². The Morgan fingerprint density at radius 3 is 2.38 bits per heavy atom. The second kappa shape index (κ2) is 10.1. The summed E-state index contributed by atoms with van der Waals surface area (Å²) in [5.41, 5.74) is 0.587. The van der Waals surface area contributed by atoms with Crippen LogP contribution in [-0.2, 0) is 14.3 Å². The van der Waals surface area contributed by atoms with Crippen LogP contribution in [0.2, 0.25) is 5.02 Å². The number of esters is 1. The Hall–Kier alpha value is -2.08. The lowest BCUT2D eigenvalue weighted by Crippen LogP contribution is -2.44. The van der Waals surface area contributed by atoms with Crippen LogP contribution in [0.25, 0.3) is 0 Å². The summed E-state index contributed by atoms with van der Waals surface area (Å²) < 4.78 is 5.24. The Morgan fingerprint density at radius 2 is 1.72 bits per heavy atom. The highest BCUT2D eigenvalue weighted by Gasteiger charge is 2.29. The van der Waals surface area contributed by atoms with Crippen molar-refractivity contribution >= 4 is 29.4 Å². The van der Waals surface area contributed by atoms with Crippen molar-refractivity contribution in [3.63, 3.8) is 0 Å². The number of rotatable bonds is 5. The van der Waals surface area contributed by atoms with E-state index in [4.69, 9.17) is 16.3 Å². The fourth-order valence-corrected chi connectivity index (χ4v) is 4.25. The zero-order valence-electron chi connectivity index (χ0n) is 16.9. The van der Waals surface area contributed by atoms with E-state index in [0.717, 1.165) is 19.3 Å². The van der Waals surface area contributed by atoms with Crippen LogP contribution in [0.1, 0.15) is 55.8 Å². The van der Waals surface area contributed by atoms with Crippen molar-refractivity contribution in [2.24, 2.45) is 11.8 Å². The summed E-state index contributed by atoms with van der Waals surface area (Å²) in [6.07, 6.45) is 5.53. The van der Waals surface area contributed by atoms with E-state index in [1.54, 1.807) is 29.2 Å². The SMILES string of the molecule is CC1CCCCC1NC(=O)COC(=O)C1CCN(C(=O)c2ccc(Cl)cc2)CC1. The second-order valence-corrected chi connectivity index (χ2v) is 8.55. The van der Waals surface area contributed by atoms with Gasteiger partial charge >= 0.3 is 5.97 Å². The van der Waals surface area contributed by atoms with Crippen molar-refractivity contribution in [1.82, 2.24) is 10.2 Å². The summed E-state index contributed by atoms with van der Waals surface area (Å²) in [6, 6.07) is 6.97. The van der Waals surface area contributed by atoms with E-state index in [1.807, 2.05) is 0 Å². The summed E-state index contributed by atoms with van der Waals surface area (Å²) in [6.45, 7) is 2.90. The van der Waals surface area contributed by atoms with Crippen molar-refractivity contribution in [3.05, 3.63) is 34.9 Å². The van der Waals surface area contributed by atoms with E-state index < -0.39 is 0 Å². The van der Waals surface area contributed by atoms with E-state index in [2.05, 4.69) is 12.2 Å². The number of amides is 2. The van der Waals surface area contributed by atoms with Gasteiger partial charge in [-0.3, -0.25) is 14.4 Å². The van der Waals surface area contributed by atoms with Crippen molar-refractivity contribution in [3.8, 4) is 0 Å². The van der Waals surface area contributed by atoms with E-state index in [0.29, 0.717) is 42.4 Å². The molecule has 2 atom stereocenters. The summed E-state index contributed by atoms with van der Waals surface area (Å²) in [7, 11) is 0. The quantitative estimate of drug-likeness (QED) is 0.740. The number of benzene rings is 1. The molecule has 1 aromatic rings. The minimum absolute atomic E-state index is 0.0607. The first kappa shape index (κ1) is 21.6. The van der Waals surface area contributed by atoms with Gasteiger partial charge in [-0.25, -0.2) is 0 Å². The molecule has 3 rings (SSSR count). The number of likely N-dealkylation sites (tertiary alicyclic amines) is 1. The molecule has 2 unspecified atom stereocenters. The lowest BCUT2D eigenvalue weighted by Gasteiger charge is -2.31. The number of halogens is 1. The zero-order chi connectivity index (χ0) is 20.8. The Bertz CT molecular complexity index is 729. The minimum Gasteiger partial charge on any atom is -0.455 e. The van der Waals surface area contributed by atoms with Crippen LogP contribution in [0.3, 0.4) is 0 Å². The molecule has 0 aromatic heterocycles. The number of hydrogen-bond donors (Lipinski definition) is 1. The molecule has 1 saturated carbocycles. The highest BCUT2D eigenvalue weighted by atomic mass is 35.5. The third-order valence-electron chi connectivity index (χ3n) is 6.01. The Kier molecular flexibility index (Phi) is 7.53. The lowest BCUT2D eigenvalue weighted by molar-refractivity contribution is -0.154.